The van der Waals surface area contributed by atoms with Gasteiger partial charge in [-0.05, 0) is 24.3 Å². The number of hydrogen-bond donors (Lipinski definition) is 2. The number of carbonyl (C=O) groups is 2. The highest BCUT2D eigenvalue weighted by atomic mass is 127. The molecule has 0 radical (unpaired) electrons. The number of aromatic carboxylic acids is 1. The summed E-state index contributed by atoms with van der Waals surface area (Å²) in [4.78, 5) is 21.6. The van der Waals surface area contributed by atoms with Gasteiger partial charge in [0.25, 0.3) is 5.91 Å². The first-order valence-electron chi connectivity index (χ1n) is 4.45. The number of rotatable bonds is 4. The van der Waals surface area contributed by atoms with E-state index in [9.17, 15) is 18.4 Å². The Morgan fingerprint density at radius 2 is 1.82 bits per heavy atom. The fourth-order valence-electron chi connectivity index (χ4n) is 0.979. The molecule has 0 fully saturated rings. The number of carboxylic acid groups (broad SMARTS) is 1. The zero-order valence-electron chi connectivity index (χ0n) is 8.41. The van der Waals surface area contributed by atoms with E-state index in [0.29, 0.717) is 0 Å². The number of alkyl halides is 3. The van der Waals surface area contributed by atoms with E-state index in [0.717, 1.165) is 0 Å². The van der Waals surface area contributed by atoms with Gasteiger partial charge in [-0.25, -0.2) is 4.79 Å². The molecule has 0 heterocycles. The summed E-state index contributed by atoms with van der Waals surface area (Å²) in [6.45, 7) is 0. The summed E-state index contributed by atoms with van der Waals surface area (Å²) in [5, 5.41) is 10.6. The Kier molecular flexibility index (Phi) is 4.38. The van der Waals surface area contributed by atoms with E-state index < -0.39 is 22.2 Å². The minimum atomic E-state index is -3.44. The summed E-state index contributed by atoms with van der Waals surface area (Å²) in [6, 6.07) is 4.95. The lowest BCUT2D eigenvalue weighted by Crippen LogP contribution is -2.35. The Balaban J connectivity index is 2.76. The summed E-state index contributed by atoms with van der Waals surface area (Å²) in [5.74, 6) is -5.97. The Labute approximate surface area is 109 Å². The highest BCUT2D eigenvalue weighted by Crippen LogP contribution is 2.19. The number of hydrogen-bond acceptors (Lipinski definition) is 2. The minimum Gasteiger partial charge on any atom is -0.478 e. The van der Waals surface area contributed by atoms with Crippen molar-refractivity contribution in [1.29, 1.82) is 0 Å². The monoisotopic (exact) mass is 355 g/mol. The van der Waals surface area contributed by atoms with E-state index in [1.54, 1.807) is 0 Å². The first-order chi connectivity index (χ1) is 7.86. The van der Waals surface area contributed by atoms with Gasteiger partial charge in [0.2, 0.25) is 0 Å². The van der Waals surface area contributed by atoms with Crippen molar-refractivity contribution in [2.75, 3.05) is 9.74 Å². The average Bonchev–Trinajstić information content (AvgIpc) is 2.29. The lowest BCUT2D eigenvalue weighted by Gasteiger charge is -2.13. The maximum Gasteiger partial charge on any atom is 0.335 e. The molecular weight excluding hydrogens is 347 g/mol. The van der Waals surface area contributed by atoms with Gasteiger partial charge in [0.05, 0.1) is 9.99 Å². The van der Waals surface area contributed by atoms with E-state index in [-0.39, 0.29) is 11.3 Å². The molecule has 0 spiro atoms. The fourth-order valence-corrected chi connectivity index (χ4v) is 1.33. The Bertz CT molecular complexity index is 434. The molecule has 0 aliphatic rings. The molecule has 1 amide bonds. The number of carboxylic acids is 1. The lowest BCUT2D eigenvalue weighted by atomic mass is 10.2. The molecule has 0 unspecified atom stereocenters. The van der Waals surface area contributed by atoms with Crippen LogP contribution < -0.4 is 5.32 Å². The first kappa shape index (κ1) is 13.8. The number of amides is 1. The SMILES string of the molecule is O=C(O)c1ccc(NC(=O)C(F)(F)CI)cc1. The molecule has 0 atom stereocenters. The van der Waals surface area contributed by atoms with Crippen LogP contribution in [-0.2, 0) is 4.79 Å². The predicted octanol–water partition coefficient (Wildman–Crippen LogP) is 2.39. The molecular formula is C10H8F2INO3. The van der Waals surface area contributed by atoms with Crippen LogP contribution in [0.25, 0.3) is 0 Å². The summed E-state index contributed by atoms with van der Waals surface area (Å²) in [5.41, 5.74) is 0.146. The van der Waals surface area contributed by atoms with Crippen molar-refractivity contribution < 1.29 is 23.5 Å². The molecule has 1 aromatic carbocycles. The van der Waals surface area contributed by atoms with Gasteiger partial charge in [-0.3, -0.25) is 4.79 Å². The van der Waals surface area contributed by atoms with Gasteiger partial charge in [-0.15, -0.1) is 0 Å². The van der Waals surface area contributed by atoms with Crippen molar-refractivity contribution in [3.8, 4) is 0 Å². The number of nitrogens with one attached hydrogen (secondary N) is 1. The van der Waals surface area contributed by atoms with Crippen LogP contribution in [0.3, 0.4) is 0 Å². The van der Waals surface area contributed by atoms with Gasteiger partial charge in [0.15, 0.2) is 0 Å². The van der Waals surface area contributed by atoms with Crippen molar-refractivity contribution in [2.24, 2.45) is 0 Å². The van der Waals surface area contributed by atoms with Crippen LogP contribution in [0.1, 0.15) is 10.4 Å². The first-order valence-corrected chi connectivity index (χ1v) is 5.98. The van der Waals surface area contributed by atoms with Gasteiger partial charge in [-0.2, -0.15) is 8.78 Å². The van der Waals surface area contributed by atoms with Crippen LogP contribution in [0.2, 0.25) is 0 Å². The third-order valence-electron chi connectivity index (χ3n) is 1.89. The second kappa shape index (κ2) is 5.39. The van der Waals surface area contributed by atoms with Crippen LogP contribution >= 0.6 is 22.6 Å². The molecule has 17 heavy (non-hydrogen) atoms. The Hall–Kier alpha value is -1.25. The molecule has 0 bridgehead atoms. The normalized spacial score (nSPS) is 11.0. The third kappa shape index (κ3) is 3.62. The van der Waals surface area contributed by atoms with Crippen LogP contribution in [0.15, 0.2) is 24.3 Å². The van der Waals surface area contributed by atoms with Gasteiger partial charge >= 0.3 is 11.9 Å². The smallest absolute Gasteiger partial charge is 0.335 e. The number of halogens is 3. The second-order valence-corrected chi connectivity index (χ2v) is 3.94. The van der Waals surface area contributed by atoms with Crippen molar-refractivity contribution in [3.63, 3.8) is 0 Å². The average molecular weight is 355 g/mol. The van der Waals surface area contributed by atoms with Gasteiger partial charge in [0, 0.05) is 5.69 Å². The molecule has 1 aromatic rings. The summed E-state index contributed by atoms with van der Waals surface area (Å²) < 4.78 is 25.2. The second-order valence-electron chi connectivity index (χ2n) is 3.17. The number of benzene rings is 1. The molecule has 4 nitrogen and oxygen atoms in total. The molecule has 0 saturated carbocycles. The van der Waals surface area contributed by atoms with Crippen molar-refractivity contribution >= 4 is 40.2 Å². The number of anilines is 1. The quantitative estimate of drug-likeness (QED) is 0.644. The molecule has 0 aliphatic carbocycles. The van der Waals surface area contributed by atoms with Gasteiger partial charge in [-0.1, -0.05) is 22.6 Å². The topological polar surface area (TPSA) is 66.4 Å². The lowest BCUT2D eigenvalue weighted by molar-refractivity contribution is -0.136. The molecule has 0 aliphatic heterocycles. The standard InChI is InChI=1S/C10H8F2INO3/c11-10(12,5-13)9(17)14-7-3-1-6(2-4-7)8(15)16/h1-4H,5H2,(H,14,17)(H,15,16). The Morgan fingerprint density at radius 3 is 2.24 bits per heavy atom. The summed E-state index contributed by atoms with van der Waals surface area (Å²) in [7, 11) is 0. The van der Waals surface area contributed by atoms with Gasteiger partial charge < -0.3 is 10.4 Å². The summed E-state index contributed by atoms with van der Waals surface area (Å²) >= 11 is 1.41. The molecule has 0 aromatic heterocycles. The maximum atomic E-state index is 12.9. The highest BCUT2D eigenvalue weighted by Gasteiger charge is 2.37. The van der Waals surface area contributed by atoms with E-state index in [1.165, 1.54) is 46.9 Å². The molecule has 7 heteroatoms. The minimum absolute atomic E-state index is 0.0173. The zero-order chi connectivity index (χ0) is 13.1. The van der Waals surface area contributed by atoms with Crippen molar-refractivity contribution in [2.45, 2.75) is 5.92 Å². The highest BCUT2D eigenvalue weighted by molar-refractivity contribution is 14.1. The zero-order valence-corrected chi connectivity index (χ0v) is 10.6. The van der Waals surface area contributed by atoms with Crippen LogP contribution in [0.5, 0.6) is 0 Å². The summed E-state index contributed by atoms with van der Waals surface area (Å²) in [6.07, 6.45) is 0. The van der Waals surface area contributed by atoms with E-state index in [2.05, 4.69) is 0 Å². The molecule has 1 rings (SSSR count). The van der Waals surface area contributed by atoms with E-state index in [4.69, 9.17) is 5.11 Å². The molecule has 2 N–H and O–H groups in total. The van der Waals surface area contributed by atoms with Gasteiger partial charge in [0.1, 0.15) is 0 Å². The third-order valence-corrected chi connectivity index (χ3v) is 2.85. The predicted molar refractivity (Wildman–Crippen MR) is 65.9 cm³/mol. The fraction of sp³-hybridized carbons (Fsp3) is 0.200. The van der Waals surface area contributed by atoms with Crippen molar-refractivity contribution in [1.82, 2.24) is 0 Å². The van der Waals surface area contributed by atoms with Crippen molar-refractivity contribution in [3.05, 3.63) is 29.8 Å². The largest absolute Gasteiger partial charge is 0.478 e. The molecule has 0 saturated heterocycles. The van der Waals surface area contributed by atoms with Crippen LogP contribution in [0.4, 0.5) is 14.5 Å². The number of carbonyl (C=O) groups excluding carboxylic acids is 1. The molecule has 92 valence electrons. The Morgan fingerprint density at radius 1 is 1.29 bits per heavy atom. The van der Waals surface area contributed by atoms with Crippen LogP contribution in [-0.4, -0.2) is 27.3 Å². The maximum absolute atomic E-state index is 12.9. The van der Waals surface area contributed by atoms with E-state index >= 15 is 0 Å². The van der Waals surface area contributed by atoms with E-state index in [1.807, 2.05) is 5.32 Å². The van der Waals surface area contributed by atoms with Crippen LogP contribution in [0, 0.1) is 0 Å².